The molecular formula is C17H17N3O. The van der Waals surface area contributed by atoms with Crippen molar-refractivity contribution in [3.63, 3.8) is 0 Å². The van der Waals surface area contributed by atoms with Gasteiger partial charge in [0, 0.05) is 47.5 Å². The molecule has 2 aromatic heterocycles. The first-order valence-electron chi connectivity index (χ1n) is 7.20. The second-order valence-electron chi connectivity index (χ2n) is 5.79. The Hall–Kier alpha value is -2.33. The summed E-state index contributed by atoms with van der Waals surface area (Å²) in [5.74, 6) is 0. The van der Waals surface area contributed by atoms with E-state index in [4.69, 9.17) is 5.73 Å². The maximum absolute atomic E-state index is 11.5. The molecule has 0 aliphatic heterocycles. The van der Waals surface area contributed by atoms with Gasteiger partial charge >= 0.3 is 0 Å². The molecule has 3 N–H and O–H groups in total. The van der Waals surface area contributed by atoms with Crippen molar-refractivity contribution in [3.8, 4) is 11.3 Å². The van der Waals surface area contributed by atoms with Gasteiger partial charge in [-0.25, -0.2) is 0 Å². The summed E-state index contributed by atoms with van der Waals surface area (Å²) < 4.78 is 1.60. The summed E-state index contributed by atoms with van der Waals surface area (Å²) in [5.41, 5.74) is 12.0. The number of fused-ring (bicyclic) bond motifs is 3. The van der Waals surface area contributed by atoms with Gasteiger partial charge in [0.1, 0.15) is 0 Å². The van der Waals surface area contributed by atoms with E-state index in [1.54, 1.807) is 17.7 Å². The van der Waals surface area contributed by atoms with Crippen molar-refractivity contribution in [1.82, 2.24) is 9.55 Å². The molecular weight excluding hydrogens is 262 g/mol. The average Bonchev–Trinajstić information content (AvgIpc) is 3.05. The Kier molecular flexibility index (Phi) is 2.56. The van der Waals surface area contributed by atoms with E-state index in [1.165, 1.54) is 16.5 Å². The maximum Gasteiger partial charge on any atom is 0.250 e. The number of H-pyrrole nitrogens is 1. The number of hydrogen-bond acceptors (Lipinski definition) is 2. The van der Waals surface area contributed by atoms with Gasteiger partial charge in [-0.15, -0.1) is 0 Å². The molecule has 2 heterocycles. The number of hydrogen-bond donors (Lipinski definition) is 2. The molecule has 3 aromatic rings. The highest BCUT2D eigenvalue weighted by molar-refractivity contribution is 5.90. The van der Waals surface area contributed by atoms with Crippen LogP contribution in [0.5, 0.6) is 0 Å². The van der Waals surface area contributed by atoms with Gasteiger partial charge in [0.2, 0.25) is 5.56 Å². The molecule has 0 fully saturated rings. The molecule has 0 amide bonds. The number of nitrogens with zero attached hydrogens (tertiary/aromatic N) is 1. The monoisotopic (exact) mass is 279 g/mol. The van der Waals surface area contributed by atoms with E-state index in [2.05, 4.69) is 23.2 Å². The summed E-state index contributed by atoms with van der Waals surface area (Å²) in [4.78, 5) is 14.9. The summed E-state index contributed by atoms with van der Waals surface area (Å²) in [6.45, 7) is 0. The second kappa shape index (κ2) is 4.33. The first-order chi connectivity index (χ1) is 10.1. The Balaban J connectivity index is 1.91. The topological polar surface area (TPSA) is 63.8 Å². The molecule has 0 unspecified atom stereocenters. The fraction of sp³-hybridized carbons (Fsp3) is 0.235. The number of pyridine rings is 1. The van der Waals surface area contributed by atoms with Crippen LogP contribution in [-0.2, 0) is 13.5 Å². The molecule has 0 radical (unpaired) electrons. The zero-order valence-electron chi connectivity index (χ0n) is 11.9. The molecule has 1 atom stereocenters. The van der Waals surface area contributed by atoms with Crippen LogP contribution in [0.1, 0.15) is 23.6 Å². The van der Waals surface area contributed by atoms with Crippen LogP contribution >= 0.6 is 0 Å². The van der Waals surface area contributed by atoms with Crippen LogP contribution in [0.3, 0.4) is 0 Å². The smallest absolute Gasteiger partial charge is 0.250 e. The number of aromatic amines is 1. The van der Waals surface area contributed by atoms with Crippen molar-refractivity contribution in [2.24, 2.45) is 12.8 Å². The van der Waals surface area contributed by atoms with Crippen LogP contribution in [0.2, 0.25) is 0 Å². The van der Waals surface area contributed by atoms with Crippen LogP contribution in [-0.4, -0.2) is 9.55 Å². The van der Waals surface area contributed by atoms with Crippen molar-refractivity contribution in [2.75, 3.05) is 0 Å². The highest BCUT2D eigenvalue weighted by Gasteiger charge is 2.21. The molecule has 1 aliphatic rings. The lowest BCUT2D eigenvalue weighted by Crippen LogP contribution is -2.13. The lowest BCUT2D eigenvalue weighted by Gasteiger charge is -2.04. The Bertz CT molecular complexity index is 904. The van der Waals surface area contributed by atoms with Crippen molar-refractivity contribution >= 4 is 10.9 Å². The minimum atomic E-state index is 0.00160. The predicted octanol–water partition coefficient (Wildman–Crippen LogP) is 2.48. The molecule has 0 saturated heterocycles. The Labute approximate surface area is 122 Å². The quantitative estimate of drug-likeness (QED) is 0.718. The number of rotatable bonds is 1. The first-order valence-corrected chi connectivity index (χ1v) is 7.20. The van der Waals surface area contributed by atoms with E-state index >= 15 is 0 Å². The Morgan fingerprint density at radius 3 is 2.95 bits per heavy atom. The minimum absolute atomic E-state index is 0.00160. The standard InChI is InChI=1S/C17H17N3O/c1-20-9-10(2-7-17(20)21)16-8-13-11-3-5-14(18)12(11)4-6-15(13)19-16/h2,4,6-9,14,19H,3,5,18H2,1H3/t14-/m1/s1. The molecule has 4 nitrogen and oxygen atoms in total. The zero-order chi connectivity index (χ0) is 14.6. The highest BCUT2D eigenvalue weighted by Crippen LogP contribution is 2.36. The molecule has 106 valence electrons. The number of nitrogens with two attached hydrogens (primary N) is 1. The van der Waals surface area contributed by atoms with Crippen LogP contribution < -0.4 is 11.3 Å². The van der Waals surface area contributed by atoms with Crippen LogP contribution in [0.15, 0.2) is 41.3 Å². The summed E-state index contributed by atoms with van der Waals surface area (Å²) in [5, 5.41) is 1.25. The fourth-order valence-electron chi connectivity index (χ4n) is 3.27. The van der Waals surface area contributed by atoms with Crippen molar-refractivity contribution in [3.05, 3.63) is 58.0 Å². The lowest BCUT2D eigenvalue weighted by molar-refractivity contribution is 0.713. The first kappa shape index (κ1) is 12.4. The van der Waals surface area contributed by atoms with Crippen molar-refractivity contribution in [1.29, 1.82) is 0 Å². The molecule has 0 spiro atoms. The van der Waals surface area contributed by atoms with Gasteiger partial charge in [-0.1, -0.05) is 6.07 Å². The molecule has 4 heteroatoms. The van der Waals surface area contributed by atoms with Gasteiger partial charge in [-0.05, 0) is 42.2 Å². The molecule has 4 rings (SSSR count). The minimum Gasteiger partial charge on any atom is -0.354 e. The van der Waals surface area contributed by atoms with Crippen LogP contribution in [0.4, 0.5) is 0 Å². The van der Waals surface area contributed by atoms with E-state index in [-0.39, 0.29) is 11.6 Å². The van der Waals surface area contributed by atoms with Gasteiger partial charge in [0.15, 0.2) is 0 Å². The summed E-state index contributed by atoms with van der Waals surface area (Å²) in [6, 6.07) is 10.0. The van der Waals surface area contributed by atoms with Gasteiger partial charge in [0.05, 0.1) is 0 Å². The Morgan fingerprint density at radius 1 is 1.29 bits per heavy atom. The zero-order valence-corrected chi connectivity index (χ0v) is 11.9. The van der Waals surface area contributed by atoms with Gasteiger partial charge in [-0.2, -0.15) is 0 Å². The maximum atomic E-state index is 11.5. The number of benzene rings is 1. The van der Waals surface area contributed by atoms with E-state index < -0.39 is 0 Å². The number of nitrogens with one attached hydrogen (secondary N) is 1. The summed E-state index contributed by atoms with van der Waals surface area (Å²) >= 11 is 0. The van der Waals surface area contributed by atoms with Crippen molar-refractivity contribution in [2.45, 2.75) is 18.9 Å². The molecule has 0 bridgehead atoms. The number of aryl methyl sites for hydroxylation is 2. The normalized spacial score (nSPS) is 17.3. The third-order valence-electron chi connectivity index (χ3n) is 4.45. The number of aromatic nitrogens is 2. The van der Waals surface area contributed by atoms with Gasteiger partial charge in [-0.3, -0.25) is 4.79 Å². The SMILES string of the molecule is Cn1cc(-c2cc3c4c(ccc3[nH]2)[C@H](N)CC4)ccc1=O. The van der Waals surface area contributed by atoms with Crippen molar-refractivity contribution < 1.29 is 0 Å². The second-order valence-corrected chi connectivity index (χ2v) is 5.79. The molecule has 0 saturated carbocycles. The summed E-state index contributed by atoms with van der Waals surface area (Å²) in [6.07, 6.45) is 3.92. The van der Waals surface area contributed by atoms with E-state index in [0.717, 1.165) is 29.6 Å². The molecule has 1 aliphatic carbocycles. The predicted molar refractivity (Wildman–Crippen MR) is 84.2 cm³/mol. The fourth-order valence-corrected chi connectivity index (χ4v) is 3.27. The average molecular weight is 279 g/mol. The van der Waals surface area contributed by atoms with E-state index in [9.17, 15) is 4.79 Å². The lowest BCUT2D eigenvalue weighted by atomic mass is 10.0. The Morgan fingerprint density at radius 2 is 2.14 bits per heavy atom. The summed E-state index contributed by atoms with van der Waals surface area (Å²) in [7, 11) is 1.77. The molecule has 1 aromatic carbocycles. The van der Waals surface area contributed by atoms with E-state index in [0.29, 0.717) is 0 Å². The van der Waals surface area contributed by atoms with E-state index in [1.807, 2.05) is 12.3 Å². The molecule has 21 heavy (non-hydrogen) atoms. The van der Waals surface area contributed by atoms with Gasteiger partial charge in [0.25, 0.3) is 0 Å². The largest absolute Gasteiger partial charge is 0.354 e. The van der Waals surface area contributed by atoms with Gasteiger partial charge < -0.3 is 15.3 Å². The van der Waals surface area contributed by atoms with Crippen LogP contribution in [0.25, 0.3) is 22.2 Å². The van der Waals surface area contributed by atoms with Crippen LogP contribution in [0, 0.1) is 0 Å². The highest BCUT2D eigenvalue weighted by atomic mass is 16.1. The third kappa shape index (κ3) is 1.83. The third-order valence-corrected chi connectivity index (χ3v) is 4.45.